The molecule has 21 heavy (non-hydrogen) atoms. The molecule has 0 radical (unpaired) electrons. The highest BCUT2D eigenvalue weighted by atomic mass is 32.1. The number of thiazole rings is 1. The van der Waals surface area contributed by atoms with Crippen molar-refractivity contribution in [3.63, 3.8) is 0 Å². The molecule has 1 aromatic carbocycles. The van der Waals surface area contributed by atoms with Crippen LogP contribution in [-0.2, 0) is 13.0 Å². The van der Waals surface area contributed by atoms with Gasteiger partial charge in [-0.05, 0) is 45.2 Å². The van der Waals surface area contributed by atoms with E-state index in [0.29, 0.717) is 13.2 Å². The Hall–Kier alpha value is -1.59. The van der Waals surface area contributed by atoms with Crippen LogP contribution in [0.4, 0.5) is 0 Å². The molecule has 1 heterocycles. The summed E-state index contributed by atoms with van der Waals surface area (Å²) in [6, 6.07) is 7.73. The van der Waals surface area contributed by atoms with Crippen molar-refractivity contribution >= 4 is 11.3 Å². The molecule has 1 N–H and O–H groups in total. The summed E-state index contributed by atoms with van der Waals surface area (Å²) >= 11 is 1.75. The highest BCUT2D eigenvalue weighted by Crippen LogP contribution is 2.20. The normalized spacial score (nSPS) is 10.6. The lowest BCUT2D eigenvalue weighted by molar-refractivity contribution is 0.318. The van der Waals surface area contributed by atoms with Crippen molar-refractivity contribution in [3.05, 3.63) is 39.8 Å². The highest BCUT2D eigenvalue weighted by Gasteiger charge is 2.07. The van der Waals surface area contributed by atoms with E-state index in [1.807, 2.05) is 38.2 Å². The maximum absolute atomic E-state index is 5.75. The van der Waals surface area contributed by atoms with Gasteiger partial charge in [-0.2, -0.15) is 0 Å². The maximum Gasteiger partial charge on any atom is 0.119 e. The summed E-state index contributed by atoms with van der Waals surface area (Å²) < 4.78 is 11.2. The largest absolute Gasteiger partial charge is 0.494 e. The second kappa shape index (κ2) is 8.00. The number of aryl methyl sites for hydroxylation is 1. The van der Waals surface area contributed by atoms with Gasteiger partial charge in [0, 0.05) is 17.8 Å². The van der Waals surface area contributed by atoms with E-state index in [1.54, 1.807) is 11.3 Å². The van der Waals surface area contributed by atoms with Crippen LogP contribution in [0.25, 0.3) is 0 Å². The zero-order valence-corrected chi connectivity index (χ0v) is 13.6. The summed E-state index contributed by atoms with van der Waals surface area (Å²) in [5, 5.41) is 4.29. The minimum atomic E-state index is 0.639. The molecule has 0 fully saturated rings. The third kappa shape index (κ3) is 4.72. The number of hydrogen-bond acceptors (Lipinski definition) is 5. The molecule has 2 aromatic rings. The first-order valence-electron chi connectivity index (χ1n) is 7.18. The van der Waals surface area contributed by atoms with Crippen LogP contribution in [0.3, 0.4) is 0 Å². The Morgan fingerprint density at radius 2 is 1.81 bits per heavy atom. The molecule has 0 saturated heterocycles. The SMILES string of the molecule is CCOc1ccc(OCCc2nc(C)c(CNC)s2)cc1. The number of benzene rings is 1. The van der Waals surface area contributed by atoms with Crippen molar-refractivity contribution in [3.8, 4) is 11.5 Å². The van der Waals surface area contributed by atoms with Crippen molar-refractivity contribution in [1.29, 1.82) is 0 Å². The molecule has 0 unspecified atom stereocenters. The van der Waals surface area contributed by atoms with Gasteiger partial charge in [0.25, 0.3) is 0 Å². The van der Waals surface area contributed by atoms with E-state index >= 15 is 0 Å². The summed E-state index contributed by atoms with van der Waals surface area (Å²) in [5.41, 5.74) is 1.12. The van der Waals surface area contributed by atoms with Crippen molar-refractivity contribution in [2.45, 2.75) is 26.8 Å². The van der Waals surface area contributed by atoms with Gasteiger partial charge >= 0.3 is 0 Å². The summed E-state index contributed by atoms with van der Waals surface area (Å²) in [6.45, 7) is 6.23. The van der Waals surface area contributed by atoms with Gasteiger partial charge < -0.3 is 14.8 Å². The second-order valence-corrected chi connectivity index (χ2v) is 5.82. The Balaban J connectivity index is 1.82. The summed E-state index contributed by atoms with van der Waals surface area (Å²) in [7, 11) is 1.95. The van der Waals surface area contributed by atoms with Gasteiger partial charge in [0.05, 0.1) is 23.9 Å². The zero-order valence-electron chi connectivity index (χ0n) is 12.8. The van der Waals surface area contributed by atoms with E-state index in [1.165, 1.54) is 4.88 Å². The fourth-order valence-corrected chi connectivity index (χ4v) is 3.04. The zero-order chi connectivity index (χ0) is 15.1. The lowest BCUT2D eigenvalue weighted by Gasteiger charge is -2.06. The van der Waals surface area contributed by atoms with Crippen LogP contribution in [0, 0.1) is 6.92 Å². The van der Waals surface area contributed by atoms with Crippen LogP contribution < -0.4 is 14.8 Å². The predicted molar refractivity (Wildman–Crippen MR) is 86.4 cm³/mol. The van der Waals surface area contributed by atoms with Gasteiger partial charge in [-0.3, -0.25) is 0 Å². The molecule has 2 rings (SSSR count). The van der Waals surface area contributed by atoms with Crippen molar-refractivity contribution in [2.24, 2.45) is 0 Å². The molecule has 5 heteroatoms. The van der Waals surface area contributed by atoms with E-state index in [9.17, 15) is 0 Å². The Morgan fingerprint density at radius 1 is 1.14 bits per heavy atom. The summed E-state index contributed by atoms with van der Waals surface area (Å²) in [4.78, 5) is 5.88. The molecule has 0 spiro atoms. The first-order valence-corrected chi connectivity index (χ1v) is 8.00. The van der Waals surface area contributed by atoms with Crippen LogP contribution in [0.15, 0.2) is 24.3 Å². The van der Waals surface area contributed by atoms with E-state index < -0.39 is 0 Å². The quantitative estimate of drug-likeness (QED) is 0.813. The Kier molecular flexibility index (Phi) is 6.02. The number of ether oxygens (including phenoxy) is 2. The lowest BCUT2D eigenvalue weighted by atomic mass is 10.3. The van der Waals surface area contributed by atoms with Crippen LogP contribution in [-0.4, -0.2) is 25.2 Å². The van der Waals surface area contributed by atoms with Gasteiger partial charge in [-0.25, -0.2) is 4.98 Å². The van der Waals surface area contributed by atoms with E-state index in [2.05, 4.69) is 17.2 Å². The van der Waals surface area contributed by atoms with Crippen LogP contribution in [0.5, 0.6) is 11.5 Å². The van der Waals surface area contributed by atoms with Gasteiger partial charge in [-0.15, -0.1) is 11.3 Å². The molecule has 4 nitrogen and oxygen atoms in total. The molecule has 0 amide bonds. The van der Waals surface area contributed by atoms with Crippen molar-refractivity contribution < 1.29 is 9.47 Å². The number of nitrogens with zero attached hydrogens (tertiary/aromatic N) is 1. The average Bonchev–Trinajstić information content (AvgIpc) is 2.82. The highest BCUT2D eigenvalue weighted by molar-refractivity contribution is 7.11. The smallest absolute Gasteiger partial charge is 0.119 e. The molecular formula is C16H22N2O2S. The van der Waals surface area contributed by atoms with Crippen molar-refractivity contribution in [1.82, 2.24) is 10.3 Å². The molecular weight excluding hydrogens is 284 g/mol. The minimum absolute atomic E-state index is 0.639. The molecule has 0 aliphatic rings. The number of hydrogen-bond donors (Lipinski definition) is 1. The predicted octanol–water partition coefficient (Wildman–Crippen LogP) is 3.19. The Bertz CT molecular complexity index is 552. The van der Waals surface area contributed by atoms with Crippen LogP contribution in [0.1, 0.15) is 22.5 Å². The van der Waals surface area contributed by atoms with E-state index in [0.717, 1.165) is 35.2 Å². The molecule has 0 aliphatic heterocycles. The Morgan fingerprint density at radius 3 is 2.43 bits per heavy atom. The minimum Gasteiger partial charge on any atom is -0.494 e. The number of nitrogens with one attached hydrogen (secondary N) is 1. The molecule has 0 bridgehead atoms. The summed E-state index contributed by atoms with van der Waals surface area (Å²) in [5.74, 6) is 1.74. The van der Waals surface area contributed by atoms with Crippen LogP contribution in [0.2, 0.25) is 0 Å². The van der Waals surface area contributed by atoms with Gasteiger partial charge in [-0.1, -0.05) is 0 Å². The molecule has 0 saturated carbocycles. The van der Waals surface area contributed by atoms with Gasteiger partial charge in [0.2, 0.25) is 0 Å². The monoisotopic (exact) mass is 306 g/mol. The van der Waals surface area contributed by atoms with E-state index in [-0.39, 0.29) is 0 Å². The topological polar surface area (TPSA) is 43.4 Å². The lowest BCUT2D eigenvalue weighted by Crippen LogP contribution is -2.04. The fourth-order valence-electron chi connectivity index (χ4n) is 1.97. The van der Waals surface area contributed by atoms with Gasteiger partial charge in [0.15, 0.2) is 0 Å². The molecule has 0 aliphatic carbocycles. The third-order valence-electron chi connectivity index (χ3n) is 2.99. The number of aromatic nitrogens is 1. The van der Waals surface area contributed by atoms with Crippen LogP contribution >= 0.6 is 11.3 Å². The first kappa shape index (κ1) is 15.8. The Labute approximate surface area is 130 Å². The summed E-state index contributed by atoms with van der Waals surface area (Å²) in [6.07, 6.45) is 0.836. The maximum atomic E-state index is 5.75. The first-order chi connectivity index (χ1) is 10.2. The molecule has 1 aromatic heterocycles. The fraction of sp³-hybridized carbons (Fsp3) is 0.438. The van der Waals surface area contributed by atoms with Gasteiger partial charge in [0.1, 0.15) is 11.5 Å². The second-order valence-electron chi connectivity index (χ2n) is 4.65. The number of rotatable bonds is 8. The average molecular weight is 306 g/mol. The third-order valence-corrected chi connectivity index (χ3v) is 4.21. The van der Waals surface area contributed by atoms with Crippen molar-refractivity contribution in [2.75, 3.05) is 20.3 Å². The van der Waals surface area contributed by atoms with E-state index in [4.69, 9.17) is 9.47 Å². The standard InChI is InChI=1S/C16H22N2O2S/c1-4-19-13-5-7-14(8-6-13)20-10-9-16-18-12(2)15(21-16)11-17-3/h5-8,17H,4,9-11H2,1-3H3. The molecule has 114 valence electrons. The molecule has 0 atom stereocenters.